The first-order valence-corrected chi connectivity index (χ1v) is 10.1. The van der Waals surface area contributed by atoms with Crippen molar-refractivity contribution in [3.63, 3.8) is 0 Å². The fraction of sp³-hybridized carbons (Fsp3) is 0.619. The fourth-order valence-electron chi connectivity index (χ4n) is 4.75. The number of amides is 2. The van der Waals surface area contributed by atoms with Crippen LogP contribution in [0.4, 0.5) is 0 Å². The predicted molar refractivity (Wildman–Crippen MR) is 108 cm³/mol. The fourth-order valence-corrected chi connectivity index (χ4v) is 4.95. The van der Waals surface area contributed by atoms with Gasteiger partial charge in [0.05, 0.1) is 12.5 Å². The van der Waals surface area contributed by atoms with E-state index in [9.17, 15) is 9.59 Å². The van der Waals surface area contributed by atoms with Crippen molar-refractivity contribution < 1.29 is 9.59 Å². The highest BCUT2D eigenvalue weighted by molar-refractivity contribution is 6.31. The second-order valence-corrected chi connectivity index (χ2v) is 8.64. The lowest BCUT2D eigenvalue weighted by atomic mass is 9.66. The highest BCUT2D eigenvalue weighted by atomic mass is 35.5. The lowest BCUT2D eigenvalue weighted by Gasteiger charge is -2.52. The summed E-state index contributed by atoms with van der Waals surface area (Å²) in [5, 5.41) is 0.643. The van der Waals surface area contributed by atoms with E-state index >= 15 is 0 Å². The first-order chi connectivity index (χ1) is 12.8. The van der Waals surface area contributed by atoms with Crippen molar-refractivity contribution in [1.29, 1.82) is 0 Å². The molecule has 1 spiro atoms. The molecule has 0 bridgehead atoms. The number of likely N-dealkylation sites (N-methyl/N-ethyl adjacent to an activating group) is 2. The molecule has 2 aliphatic heterocycles. The number of likely N-dealkylation sites (tertiary alicyclic amines) is 2. The van der Waals surface area contributed by atoms with Crippen molar-refractivity contribution >= 4 is 23.4 Å². The van der Waals surface area contributed by atoms with E-state index in [2.05, 4.69) is 11.9 Å². The molecule has 2 fully saturated rings. The number of hydrogen-bond acceptors (Lipinski definition) is 3. The first kappa shape index (κ1) is 20.2. The zero-order valence-corrected chi connectivity index (χ0v) is 17.3. The number of halogens is 1. The van der Waals surface area contributed by atoms with Crippen LogP contribution < -0.4 is 0 Å². The molecule has 6 heteroatoms. The summed E-state index contributed by atoms with van der Waals surface area (Å²) in [5.74, 6) is 0.311. The quantitative estimate of drug-likeness (QED) is 0.795. The minimum Gasteiger partial charge on any atom is -0.347 e. The van der Waals surface area contributed by atoms with Crippen LogP contribution >= 0.6 is 11.6 Å². The van der Waals surface area contributed by atoms with Crippen LogP contribution in [0.3, 0.4) is 0 Å². The summed E-state index contributed by atoms with van der Waals surface area (Å²) in [4.78, 5) is 31.5. The maximum Gasteiger partial charge on any atom is 0.239 e. The van der Waals surface area contributed by atoms with E-state index in [-0.39, 0.29) is 23.3 Å². The van der Waals surface area contributed by atoms with Gasteiger partial charge in [-0.05, 0) is 56.3 Å². The van der Waals surface area contributed by atoms with E-state index in [0.29, 0.717) is 24.5 Å². The molecule has 1 aromatic carbocycles. The molecule has 0 radical (unpaired) electrons. The third kappa shape index (κ3) is 4.14. The molecule has 2 amide bonds. The minimum atomic E-state index is -0.0814. The van der Waals surface area contributed by atoms with Gasteiger partial charge in [0.15, 0.2) is 0 Å². The van der Waals surface area contributed by atoms with Crippen molar-refractivity contribution in [1.82, 2.24) is 14.7 Å². The Kier molecular flexibility index (Phi) is 6.11. The number of carbonyl (C=O) groups excluding carboxylic acids is 2. The average Bonchev–Trinajstić information content (AvgIpc) is 2.64. The molecule has 1 unspecified atom stereocenters. The highest BCUT2D eigenvalue weighted by Crippen LogP contribution is 2.44. The van der Waals surface area contributed by atoms with Crippen molar-refractivity contribution in [3.05, 3.63) is 34.9 Å². The summed E-state index contributed by atoms with van der Waals surface area (Å²) in [6, 6.07) is 7.44. The second kappa shape index (κ2) is 8.19. The maximum absolute atomic E-state index is 12.9. The van der Waals surface area contributed by atoms with Gasteiger partial charge in [0.1, 0.15) is 0 Å². The standard InChI is InChI=1S/C21H30ClN3O2/c1-23(2)20(27)19-21(9-6-12-24(19)3)10-13-25(14-11-21)18(26)15-16-7-4-5-8-17(16)22/h4-5,7-8,19H,6,9-15H2,1-3H3. The maximum atomic E-state index is 12.9. The van der Waals surface area contributed by atoms with Gasteiger partial charge in [0.25, 0.3) is 0 Å². The lowest BCUT2D eigenvalue weighted by molar-refractivity contribution is -0.146. The molecule has 3 rings (SSSR count). The van der Waals surface area contributed by atoms with Crippen LogP contribution in [-0.2, 0) is 16.0 Å². The van der Waals surface area contributed by atoms with Crippen LogP contribution in [0.25, 0.3) is 0 Å². The number of rotatable bonds is 3. The monoisotopic (exact) mass is 391 g/mol. The van der Waals surface area contributed by atoms with E-state index in [0.717, 1.165) is 37.8 Å². The Balaban J connectivity index is 1.68. The Hall–Kier alpha value is -1.59. The van der Waals surface area contributed by atoms with E-state index in [1.165, 1.54) is 0 Å². The van der Waals surface area contributed by atoms with Gasteiger partial charge in [-0.15, -0.1) is 0 Å². The number of carbonyl (C=O) groups is 2. The summed E-state index contributed by atoms with van der Waals surface area (Å²) in [7, 11) is 5.73. The molecule has 2 aliphatic rings. The summed E-state index contributed by atoms with van der Waals surface area (Å²) < 4.78 is 0. The van der Waals surface area contributed by atoms with E-state index in [1.807, 2.05) is 43.3 Å². The second-order valence-electron chi connectivity index (χ2n) is 8.23. The van der Waals surface area contributed by atoms with Gasteiger partial charge in [-0.25, -0.2) is 0 Å². The topological polar surface area (TPSA) is 43.9 Å². The summed E-state index contributed by atoms with van der Waals surface area (Å²) >= 11 is 6.21. The van der Waals surface area contributed by atoms with Crippen LogP contribution in [0.5, 0.6) is 0 Å². The Morgan fingerprint density at radius 2 is 1.81 bits per heavy atom. The molecule has 5 nitrogen and oxygen atoms in total. The number of hydrogen-bond donors (Lipinski definition) is 0. The largest absolute Gasteiger partial charge is 0.347 e. The minimum absolute atomic E-state index is 0.0183. The molecular formula is C21H30ClN3O2. The lowest BCUT2D eigenvalue weighted by Crippen LogP contribution is -2.61. The van der Waals surface area contributed by atoms with Crippen LogP contribution in [0.15, 0.2) is 24.3 Å². The molecule has 2 saturated heterocycles. The third-order valence-corrected chi connectivity index (χ3v) is 6.66. The van der Waals surface area contributed by atoms with Gasteiger partial charge in [-0.1, -0.05) is 29.8 Å². The number of nitrogens with zero attached hydrogens (tertiary/aromatic N) is 3. The average molecular weight is 392 g/mol. The molecule has 0 saturated carbocycles. The number of piperidine rings is 2. The normalized spacial score (nSPS) is 22.7. The van der Waals surface area contributed by atoms with Crippen LogP contribution in [0.1, 0.15) is 31.2 Å². The van der Waals surface area contributed by atoms with E-state index < -0.39 is 0 Å². The van der Waals surface area contributed by atoms with Crippen LogP contribution in [-0.4, -0.2) is 73.3 Å². The molecule has 2 heterocycles. The summed E-state index contributed by atoms with van der Waals surface area (Å²) in [6.45, 7) is 2.39. The smallest absolute Gasteiger partial charge is 0.239 e. The van der Waals surface area contributed by atoms with Crippen molar-refractivity contribution in [3.8, 4) is 0 Å². The summed E-state index contributed by atoms with van der Waals surface area (Å²) in [6.07, 6.45) is 4.29. The van der Waals surface area contributed by atoms with Crippen molar-refractivity contribution in [2.75, 3.05) is 40.8 Å². The molecule has 0 N–H and O–H groups in total. The number of benzene rings is 1. The van der Waals surface area contributed by atoms with Crippen LogP contribution in [0.2, 0.25) is 5.02 Å². The molecule has 1 atom stereocenters. The van der Waals surface area contributed by atoms with Gasteiger partial charge in [0, 0.05) is 32.2 Å². The van der Waals surface area contributed by atoms with E-state index in [4.69, 9.17) is 11.6 Å². The SMILES string of the molecule is CN(C)C(=O)C1N(C)CCCC12CCN(C(=O)Cc1ccccc1Cl)CC2. The molecule has 0 aromatic heterocycles. The third-order valence-electron chi connectivity index (χ3n) is 6.29. The Morgan fingerprint density at radius 1 is 1.15 bits per heavy atom. The zero-order chi connectivity index (χ0) is 19.6. The molecule has 0 aliphatic carbocycles. The molecule has 148 valence electrons. The van der Waals surface area contributed by atoms with Gasteiger partial charge in [-0.3, -0.25) is 14.5 Å². The van der Waals surface area contributed by atoms with Gasteiger partial charge in [0.2, 0.25) is 11.8 Å². The zero-order valence-electron chi connectivity index (χ0n) is 16.6. The Labute approximate surface area is 167 Å². The van der Waals surface area contributed by atoms with Gasteiger partial charge in [-0.2, -0.15) is 0 Å². The van der Waals surface area contributed by atoms with Gasteiger partial charge >= 0.3 is 0 Å². The van der Waals surface area contributed by atoms with Crippen molar-refractivity contribution in [2.45, 2.75) is 38.1 Å². The predicted octanol–water partition coefficient (Wildman–Crippen LogP) is 2.67. The first-order valence-electron chi connectivity index (χ1n) is 9.77. The Bertz CT molecular complexity index is 698. The highest BCUT2D eigenvalue weighted by Gasteiger charge is 2.49. The molecule has 27 heavy (non-hydrogen) atoms. The van der Waals surface area contributed by atoms with E-state index in [1.54, 1.807) is 4.90 Å². The summed E-state index contributed by atoms with van der Waals surface area (Å²) in [5.41, 5.74) is 0.859. The molecular weight excluding hydrogens is 362 g/mol. The van der Waals surface area contributed by atoms with Crippen LogP contribution in [0, 0.1) is 5.41 Å². The molecule has 1 aromatic rings. The Morgan fingerprint density at radius 3 is 2.44 bits per heavy atom. The van der Waals surface area contributed by atoms with Crippen molar-refractivity contribution in [2.24, 2.45) is 5.41 Å². The van der Waals surface area contributed by atoms with Gasteiger partial charge < -0.3 is 9.80 Å².